The van der Waals surface area contributed by atoms with Crippen LogP contribution in [0.5, 0.6) is 0 Å². The molecule has 1 aromatic heterocycles. The van der Waals surface area contributed by atoms with Crippen LogP contribution in [0.3, 0.4) is 0 Å². The van der Waals surface area contributed by atoms with Gasteiger partial charge >= 0.3 is 12.1 Å². The van der Waals surface area contributed by atoms with Gasteiger partial charge in [-0.1, -0.05) is 31.0 Å². The molecule has 25 heavy (non-hydrogen) atoms. The van der Waals surface area contributed by atoms with Gasteiger partial charge in [0.25, 0.3) is 0 Å². The summed E-state index contributed by atoms with van der Waals surface area (Å²) in [4.78, 5) is 29.3. The van der Waals surface area contributed by atoms with Crippen molar-refractivity contribution in [1.82, 2.24) is 4.98 Å². The summed E-state index contributed by atoms with van der Waals surface area (Å²) in [5, 5.41) is 10.0. The zero-order valence-corrected chi connectivity index (χ0v) is 14.1. The third-order valence-electron chi connectivity index (χ3n) is 4.47. The van der Waals surface area contributed by atoms with Gasteiger partial charge in [-0.2, -0.15) is 0 Å². The SMILES string of the molecule is O=C(O)CN(C(=O)OC1CCCCCC1)c1cnc2ccccc2c1. The molecular weight excluding hydrogens is 320 g/mol. The van der Waals surface area contributed by atoms with Gasteiger partial charge in [0.15, 0.2) is 0 Å². The molecule has 1 aliphatic rings. The van der Waals surface area contributed by atoms with Crippen molar-refractivity contribution in [3.63, 3.8) is 0 Å². The lowest BCUT2D eigenvalue weighted by atomic mass is 10.1. The van der Waals surface area contributed by atoms with Gasteiger partial charge in [0.2, 0.25) is 0 Å². The van der Waals surface area contributed by atoms with E-state index in [9.17, 15) is 14.7 Å². The molecule has 6 heteroatoms. The number of pyridine rings is 1. The maximum atomic E-state index is 12.6. The van der Waals surface area contributed by atoms with E-state index in [-0.39, 0.29) is 6.10 Å². The number of hydrogen-bond acceptors (Lipinski definition) is 4. The Morgan fingerprint density at radius 2 is 1.88 bits per heavy atom. The van der Waals surface area contributed by atoms with Crippen molar-refractivity contribution in [2.45, 2.75) is 44.6 Å². The monoisotopic (exact) mass is 342 g/mol. The smallest absolute Gasteiger partial charge is 0.415 e. The number of carboxylic acid groups (broad SMARTS) is 1. The number of aromatic nitrogens is 1. The van der Waals surface area contributed by atoms with Gasteiger partial charge in [0.05, 0.1) is 17.4 Å². The molecule has 1 saturated carbocycles. The number of fused-ring (bicyclic) bond motifs is 1. The fourth-order valence-corrected chi connectivity index (χ4v) is 3.17. The first-order chi connectivity index (χ1) is 12.1. The van der Waals surface area contributed by atoms with Crippen LogP contribution in [0.1, 0.15) is 38.5 Å². The molecule has 0 unspecified atom stereocenters. The van der Waals surface area contributed by atoms with Gasteiger partial charge < -0.3 is 9.84 Å². The molecule has 1 fully saturated rings. The zero-order chi connectivity index (χ0) is 17.6. The van der Waals surface area contributed by atoms with Gasteiger partial charge in [-0.05, 0) is 37.8 Å². The molecule has 0 aliphatic heterocycles. The molecular formula is C19H22N2O4. The van der Waals surface area contributed by atoms with Gasteiger partial charge in [-0.3, -0.25) is 14.7 Å². The number of amides is 1. The number of carboxylic acids is 1. The Morgan fingerprint density at radius 3 is 2.60 bits per heavy atom. The van der Waals surface area contributed by atoms with Crippen molar-refractivity contribution < 1.29 is 19.4 Å². The minimum atomic E-state index is -1.09. The Hall–Kier alpha value is -2.63. The fraction of sp³-hybridized carbons (Fsp3) is 0.421. The highest BCUT2D eigenvalue weighted by Gasteiger charge is 2.25. The quantitative estimate of drug-likeness (QED) is 0.850. The number of ether oxygens (including phenoxy) is 1. The van der Waals surface area contributed by atoms with Crippen LogP contribution in [-0.4, -0.2) is 34.8 Å². The molecule has 2 aromatic rings. The molecule has 1 N–H and O–H groups in total. The summed E-state index contributed by atoms with van der Waals surface area (Å²) < 4.78 is 5.60. The molecule has 1 aliphatic carbocycles. The van der Waals surface area contributed by atoms with Crippen molar-refractivity contribution in [2.75, 3.05) is 11.4 Å². The van der Waals surface area contributed by atoms with Gasteiger partial charge in [0.1, 0.15) is 12.6 Å². The number of aliphatic carboxylic acids is 1. The van der Waals surface area contributed by atoms with E-state index in [2.05, 4.69) is 4.98 Å². The van der Waals surface area contributed by atoms with E-state index < -0.39 is 18.6 Å². The van der Waals surface area contributed by atoms with Crippen LogP contribution in [0.4, 0.5) is 10.5 Å². The number of anilines is 1. The average molecular weight is 342 g/mol. The van der Waals surface area contributed by atoms with Crippen LogP contribution in [0.25, 0.3) is 10.9 Å². The molecule has 3 rings (SSSR count). The number of para-hydroxylation sites is 1. The van der Waals surface area contributed by atoms with Crippen LogP contribution in [0.2, 0.25) is 0 Å². The lowest BCUT2D eigenvalue weighted by molar-refractivity contribution is -0.135. The molecule has 0 spiro atoms. The third-order valence-corrected chi connectivity index (χ3v) is 4.47. The van der Waals surface area contributed by atoms with Gasteiger partial charge in [-0.25, -0.2) is 4.79 Å². The molecule has 0 atom stereocenters. The van der Waals surface area contributed by atoms with Crippen LogP contribution in [0, 0.1) is 0 Å². The molecule has 0 bridgehead atoms. The number of hydrogen-bond donors (Lipinski definition) is 1. The van der Waals surface area contributed by atoms with Crippen LogP contribution in [-0.2, 0) is 9.53 Å². The fourth-order valence-electron chi connectivity index (χ4n) is 3.17. The highest BCUT2D eigenvalue weighted by molar-refractivity contribution is 5.95. The third kappa shape index (κ3) is 4.47. The summed E-state index contributed by atoms with van der Waals surface area (Å²) in [6.45, 7) is -0.453. The molecule has 1 heterocycles. The predicted octanol–water partition coefficient (Wildman–Crippen LogP) is 3.99. The molecule has 0 radical (unpaired) electrons. The Labute approximate surface area is 146 Å². The topological polar surface area (TPSA) is 79.7 Å². The molecule has 132 valence electrons. The summed E-state index contributed by atoms with van der Waals surface area (Å²) in [6, 6.07) is 9.26. The summed E-state index contributed by atoms with van der Waals surface area (Å²) in [6.07, 6.45) is 6.81. The second-order valence-electron chi connectivity index (χ2n) is 6.36. The predicted molar refractivity (Wildman–Crippen MR) is 94.7 cm³/mol. The Bertz CT molecular complexity index is 754. The minimum absolute atomic E-state index is 0.139. The maximum Gasteiger partial charge on any atom is 0.415 e. The maximum absolute atomic E-state index is 12.6. The zero-order valence-electron chi connectivity index (χ0n) is 14.1. The van der Waals surface area contributed by atoms with Crippen LogP contribution < -0.4 is 4.90 Å². The Morgan fingerprint density at radius 1 is 1.16 bits per heavy atom. The van der Waals surface area contributed by atoms with E-state index in [0.717, 1.165) is 54.3 Å². The van der Waals surface area contributed by atoms with Crippen molar-refractivity contribution in [3.05, 3.63) is 36.5 Å². The average Bonchev–Trinajstić information content (AvgIpc) is 2.87. The summed E-state index contributed by atoms with van der Waals surface area (Å²) in [5.41, 5.74) is 1.22. The first-order valence-corrected chi connectivity index (χ1v) is 8.68. The molecule has 1 amide bonds. The molecule has 0 saturated heterocycles. The largest absolute Gasteiger partial charge is 0.480 e. The number of nitrogens with zero attached hydrogens (tertiary/aromatic N) is 2. The second kappa shape index (κ2) is 7.96. The Balaban J connectivity index is 1.81. The van der Waals surface area contributed by atoms with E-state index in [4.69, 9.17) is 4.74 Å². The van der Waals surface area contributed by atoms with E-state index in [1.165, 1.54) is 6.20 Å². The van der Waals surface area contributed by atoms with Crippen molar-refractivity contribution in [2.24, 2.45) is 0 Å². The van der Waals surface area contributed by atoms with E-state index in [1.807, 2.05) is 24.3 Å². The van der Waals surface area contributed by atoms with Crippen LogP contribution >= 0.6 is 0 Å². The van der Waals surface area contributed by atoms with Crippen molar-refractivity contribution in [1.29, 1.82) is 0 Å². The van der Waals surface area contributed by atoms with E-state index in [0.29, 0.717) is 5.69 Å². The van der Waals surface area contributed by atoms with Gasteiger partial charge in [-0.15, -0.1) is 0 Å². The summed E-state index contributed by atoms with van der Waals surface area (Å²) in [7, 11) is 0. The first-order valence-electron chi connectivity index (χ1n) is 8.68. The van der Waals surface area contributed by atoms with Gasteiger partial charge in [0, 0.05) is 5.39 Å². The highest BCUT2D eigenvalue weighted by atomic mass is 16.6. The number of benzene rings is 1. The molecule has 1 aromatic carbocycles. The lowest BCUT2D eigenvalue weighted by Crippen LogP contribution is -2.38. The lowest BCUT2D eigenvalue weighted by Gasteiger charge is -2.24. The van der Waals surface area contributed by atoms with Crippen LogP contribution in [0.15, 0.2) is 36.5 Å². The second-order valence-corrected chi connectivity index (χ2v) is 6.36. The summed E-state index contributed by atoms with van der Waals surface area (Å²) in [5.74, 6) is -1.09. The van der Waals surface area contributed by atoms with E-state index in [1.54, 1.807) is 6.07 Å². The normalized spacial score (nSPS) is 15.5. The number of rotatable bonds is 4. The first kappa shape index (κ1) is 17.2. The van der Waals surface area contributed by atoms with E-state index >= 15 is 0 Å². The summed E-state index contributed by atoms with van der Waals surface area (Å²) >= 11 is 0. The highest BCUT2D eigenvalue weighted by Crippen LogP contribution is 2.24. The molecule has 6 nitrogen and oxygen atoms in total. The minimum Gasteiger partial charge on any atom is -0.480 e. The Kier molecular flexibility index (Phi) is 5.48. The standard InChI is InChI=1S/C19H22N2O4/c22-18(23)13-21(19(24)25-16-8-3-1-2-4-9-16)15-11-14-7-5-6-10-17(14)20-12-15/h5-7,10-12,16H,1-4,8-9,13H2,(H,22,23). The van der Waals surface area contributed by atoms with Crippen molar-refractivity contribution >= 4 is 28.7 Å². The van der Waals surface area contributed by atoms with Crippen molar-refractivity contribution in [3.8, 4) is 0 Å². The number of carbonyl (C=O) groups excluding carboxylic acids is 1. The number of carbonyl (C=O) groups is 2.